The number of hydrogen-bond donors (Lipinski definition) is 1. The molecule has 82 valence electrons. The first-order chi connectivity index (χ1) is 7.20. The maximum absolute atomic E-state index is 10.1. The van der Waals surface area contributed by atoms with Gasteiger partial charge in [-0.25, -0.2) is 0 Å². The van der Waals surface area contributed by atoms with Crippen molar-refractivity contribution >= 4 is 0 Å². The van der Waals surface area contributed by atoms with Crippen LogP contribution in [0.1, 0.15) is 29.9 Å². The molecule has 2 rings (SSSR count). The van der Waals surface area contributed by atoms with Crippen molar-refractivity contribution in [1.82, 2.24) is 4.90 Å². The minimum atomic E-state index is -0.355. The van der Waals surface area contributed by atoms with Crippen molar-refractivity contribution < 1.29 is 5.11 Å². The molecule has 0 saturated carbocycles. The summed E-state index contributed by atoms with van der Waals surface area (Å²) in [6.07, 6.45) is 3.09. The van der Waals surface area contributed by atoms with Gasteiger partial charge in [0.2, 0.25) is 0 Å². The Hall–Kier alpha value is -0.860. The summed E-state index contributed by atoms with van der Waals surface area (Å²) < 4.78 is 0. The smallest absolute Gasteiger partial charge is 0.113 e. The van der Waals surface area contributed by atoms with Gasteiger partial charge < -0.3 is 5.11 Å². The molecule has 0 aliphatic heterocycles. The zero-order valence-corrected chi connectivity index (χ0v) is 9.48. The summed E-state index contributed by atoms with van der Waals surface area (Å²) in [5, 5.41) is 10.1. The number of benzene rings is 1. The van der Waals surface area contributed by atoms with Gasteiger partial charge in [0.25, 0.3) is 0 Å². The second-order valence-electron chi connectivity index (χ2n) is 4.57. The van der Waals surface area contributed by atoms with Gasteiger partial charge in [0.15, 0.2) is 0 Å². The SMILES string of the molecule is CN(C)C(O)C1CCCc2ccccc21. The summed E-state index contributed by atoms with van der Waals surface area (Å²) in [5.74, 6) is 0.282. The number of fused-ring (bicyclic) bond motifs is 1. The third kappa shape index (κ3) is 2.06. The summed E-state index contributed by atoms with van der Waals surface area (Å²) in [4.78, 5) is 1.90. The van der Waals surface area contributed by atoms with Gasteiger partial charge in [0, 0.05) is 5.92 Å². The predicted molar refractivity (Wildman–Crippen MR) is 61.8 cm³/mol. The van der Waals surface area contributed by atoms with E-state index in [-0.39, 0.29) is 12.1 Å². The highest BCUT2D eigenvalue weighted by Gasteiger charge is 2.27. The lowest BCUT2D eigenvalue weighted by Gasteiger charge is -2.32. The van der Waals surface area contributed by atoms with Gasteiger partial charge in [-0.05, 0) is 44.5 Å². The standard InChI is InChI=1S/C13H19NO/c1-14(2)13(15)12-9-5-7-10-6-3-4-8-11(10)12/h3-4,6,8,12-13,15H,5,7,9H2,1-2H3. The summed E-state index contributed by atoms with van der Waals surface area (Å²) in [6.45, 7) is 0. The lowest BCUT2D eigenvalue weighted by molar-refractivity contribution is 0.0118. The monoisotopic (exact) mass is 205 g/mol. The Morgan fingerprint density at radius 3 is 2.80 bits per heavy atom. The van der Waals surface area contributed by atoms with Crippen molar-refractivity contribution in [3.63, 3.8) is 0 Å². The Kier molecular flexibility index (Phi) is 3.08. The Balaban J connectivity index is 2.29. The molecule has 0 aromatic heterocycles. The normalized spacial score (nSPS) is 22.5. The quantitative estimate of drug-likeness (QED) is 0.746. The third-order valence-electron chi connectivity index (χ3n) is 3.30. The molecule has 1 aliphatic carbocycles. The molecule has 2 atom stereocenters. The molecule has 0 bridgehead atoms. The van der Waals surface area contributed by atoms with Gasteiger partial charge in [-0.15, -0.1) is 0 Å². The van der Waals surface area contributed by atoms with Crippen LogP contribution in [0.5, 0.6) is 0 Å². The first kappa shape index (κ1) is 10.7. The minimum absolute atomic E-state index is 0.282. The van der Waals surface area contributed by atoms with E-state index >= 15 is 0 Å². The lowest BCUT2D eigenvalue weighted by Crippen LogP contribution is -2.35. The minimum Gasteiger partial charge on any atom is -0.378 e. The summed E-state index contributed by atoms with van der Waals surface area (Å²) in [6, 6.07) is 8.50. The number of hydrogen-bond acceptors (Lipinski definition) is 2. The molecular weight excluding hydrogens is 186 g/mol. The van der Waals surface area contributed by atoms with Gasteiger partial charge in [-0.3, -0.25) is 4.90 Å². The van der Waals surface area contributed by atoms with Crippen LogP contribution in [-0.2, 0) is 6.42 Å². The van der Waals surface area contributed by atoms with E-state index < -0.39 is 0 Å². The van der Waals surface area contributed by atoms with Crippen LogP contribution >= 0.6 is 0 Å². The summed E-state index contributed by atoms with van der Waals surface area (Å²) in [5.41, 5.74) is 2.75. The number of aryl methyl sites for hydroxylation is 1. The highest BCUT2D eigenvalue weighted by molar-refractivity contribution is 5.33. The lowest BCUT2D eigenvalue weighted by atomic mass is 9.81. The Morgan fingerprint density at radius 1 is 1.33 bits per heavy atom. The van der Waals surface area contributed by atoms with Crippen LogP contribution < -0.4 is 0 Å². The van der Waals surface area contributed by atoms with Crippen LogP contribution in [0.4, 0.5) is 0 Å². The molecule has 0 heterocycles. The molecule has 0 saturated heterocycles. The van der Waals surface area contributed by atoms with Crippen molar-refractivity contribution in [2.45, 2.75) is 31.4 Å². The molecule has 0 radical (unpaired) electrons. The predicted octanol–water partition coefficient (Wildman–Crippen LogP) is 1.99. The van der Waals surface area contributed by atoms with Crippen molar-refractivity contribution in [2.24, 2.45) is 0 Å². The van der Waals surface area contributed by atoms with Crippen molar-refractivity contribution in [1.29, 1.82) is 0 Å². The number of rotatable bonds is 2. The molecule has 0 fully saturated rings. The van der Waals surface area contributed by atoms with E-state index in [9.17, 15) is 5.11 Å². The second kappa shape index (κ2) is 4.33. The van der Waals surface area contributed by atoms with E-state index in [1.807, 2.05) is 19.0 Å². The first-order valence-electron chi connectivity index (χ1n) is 5.62. The zero-order valence-electron chi connectivity index (χ0n) is 9.48. The topological polar surface area (TPSA) is 23.5 Å². The Morgan fingerprint density at radius 2 is 2.07 bits per heavy atom. The van der Waals surface area contributed by atoms with E-state index in [0.717, 1.165) is 12.8 Å². The van der Waals surface area contributed by atoms with Crippen molar-refractivity contribution in [3.05, 3.63) is 35.4 Å². The third-order valence-corrected chi connectivity index (χ3v) is 3.30. The Bertz CT molecular complexity index is 335. The number of aliphatic hydroxyl groups excluding tert-OH is 1. The fraction of sp³-hybridized carbons (Fsp3) is 0.538. The molecule has 2 unspecified atom stereocenters. The van der Waals surface area contributed by atoms with Gasteiger partial charge in [0.1, 0.15) is 6.23 Å². The van der Waals surface area contributed by atoms with Crippen molar-refractivity contribution in [3.8, 4) is 0 Å². The summed E-state index contributed by atoms with van der Waals surface area (Å²) >= 11 is 0. The fourth-order valence-electron chi connectivity index (χ4n) is 2.46. The highest BCUT2D eigenvalue weighted by Crippen LogP contribution is 2.34. The van der Waals surface area contributed by atoms with Crippen LogP contribution in [0.3, 0.4) is 0 Å². The maximum atomic E-state index is 10.1. The molecule has 15 heavy (non-hydrogen) atoms. The zero-order chi connectivity index (χ0) is 10.8. The molecule has 1 aliphatic rings. The van der Waals surface area contributed by atoms with Crippen LogP contribution in [0.15, 0.2) is 24.3 Å². The van der Waals surface area contributed by atoms with Crippen LogP contribution in [0.25, 0.3) is 0 Å². The van der Waals surface area contributed by atoms with Gasteiger partial charge >= 0.3 is 0 Å². The van der Waals surface area contributed by atoms with Gasteiger partial charge in [-0.1, -0.05) is 24.3 Å². The number of likely N-dealkylation sites (N-methyl/N-ethyl adjacent to an activating group) is 1. The largest absolute Gasteiger partial charge is 0.378 e. The highest BCUT2D eigenvalue weighted by atomic mass is 16.3. The molecule has 0 spiro atoms. The second-order valence-corrected chi connectivity index (χ2v) is 4.57. The average Bonchev–Trinajstić information content (AvgIpc) is 2.27. The number of aliphatic hydroxyl groups is 1. The molecule has 1 aromatic carbocycles. The van der Waals surface area contributed by atoms with Gasteiger partial charge in [0.05, 0.1) is 0 Å². The molecule has 0 amide bonds. The summed E-state index contributed by atoms with van der Waals surface area (Å²) in [7, 11) is 3.86. The first-order valence-corrected chi connectivity index (χ1v) is 5.62. The van der Waals surface area contributed by atoms with E-state index in [2.05, 4.69) is 24.3 Å². The fourth-order valence-corrected chi connectivity index (χ4v) is 2.46. The van der Waals surface area contributed by atoms with Crippen molar-refractivity contribution in [2.75, 3.05) is 14.1 Å². The molecular formula is C13H19NO. The molecule has 2 heteroatoms. The molecule has 1 aromatic rings. The maximum Gasteiger partial charge on any atom is 0.113 e. The van der Waals surface area contributed by atoms with Gasteiger partial charge in [-0.2, -0.15) is 0 Å². The van der Waals surface area contributed by atoms with Crippen LogP contribution in [0.2, 0.25) is 0 Å². The van der Waals surface area contributed by atoms with E-state index in [4.69, 9.17) is 0 Å². The van der Waals surface area contributed by atoms with Crippen LogP contribution in [0, 0.1) is 0 Å². The van der Waals surface area contributed by atoms with Crippen LogP contribution in [-0.4, -0.2) is 30.3 Å². The molecule has 2 nitrogen and oxygen atoms in total. The van der Waals surface area contributed by atoms with E-state index in [1.165, 1.54) is 17.5 Å². The Labute approximate surface area is 91.5 Å². The average molecular weight is 205 g/mol. The number of nitrogens with zero attached hydrogens (tertiary/aromatic N) is 1. The molecule has 1 N–H and O–H groups in total. The van der Waals surface area contributed by atoms with E-state index in [0.29, 0.717) is 0 Å². The van der Waals surface area contributed by atoms with E-state index in [1.54, 1.807) is 0 Å².